The highest BCUT2D eigenvalue weighted by Gasteiger charge is 2.32. The van der Waals surface area contributed by atoms with E-state index in [1.807, 2.05) is 17.7 Å². The van der Waals surface area contributed by atoms with Crippen molar-refractivity contribution in [3.8, 4) is 0 Å². The van der Waals surface area contributed by atoms with Crippen molar-refractivity contribution in [3.05, 3.63) is 35.9 Å². The lowest BCUT2D eigenvalue weighted by molar-refractivity contribution is -0.141. The molecule has 0 spiro atoms. The second-order valence-electron chi connectivity index (χ2n) is 4.90. The Labute approximate surface area is 113 Å². The molecule has 0 aliphatic heterocycles. The Hall–Kier alpha value is -2.05. The van der Waals surface area contributed by atoms with Crippen LogP contribution in [0.25, 0.3) is 0 Å². The average Bonchev–Trinajstić information content (AvgIpc) is 3.14. The van der Waals surface area contributed by atoms with Crippen LogP contribution < -0.4 is 5.32 Å². The van der Waals surface area contributed by atoms with Crippen LogP contribution in [0.15, 0.2) is 24.5 Å². The van der Waals surface area contributed by atoms with Gasteiger partial charge in [-0.25, -0.2) is 9.97 Å². The average molecular weight is 282 g/mol. The second-order valence-corrected chi connectivity index (χ2v) is 4.90. The molecule has 0 atom stereocenters. The Morgan fingerprint density at radius 1 is 1.30 bits per heavy atom. The number of nitrogens with zero attached hydrogens (tertiary/aromatic N) is 3. The lowest BCUT2D eigenvalue weighted by atomic mass is 10.3. The number of anilines is 2. The molecule has 106 valence electrons. The van der Waals surface area contributed by atoms with Gasteiger partial charge in [-0.05, 0) is 31.9 Å². The van der Waals surface area contributed by atoms with Gasteiger partial charge in [0.1, 0.15) is 5.69 Å². The van der Waals surface area contributed by atoms with E-state index >= 15 is 0 Å². The van der Waals surface area contributed by atoms with E-state index in [2.05, 4.69) is 15.3 Å². The van der Waals surface area contributed by atoms with Crippen LogP contribution >= 0.6 is 0 Å². The molecule has 2 heterocycles. The predicted molar refractivity (Wildman–Crippen MR) is 67.8 cm³/mol. The summed E-state index contributed by atoms with van der Waals surface area (Å²) < 4.78 is 39.3. The van der Waals surface area contributed by atoms with Crippen LogP contribution in [0.4, 0.5) is 24.8 Å². The molecule has 7 heteroatoms. The van der Waals surface area contributed by atoms with Crippen LogP contribution in [0, 0.1) is 6.92 Å². The molecule has 4 nitrogen and oxygen atoms in total. The first-order valence-corrected chi connectivity index (χ1v) is 6.29. The molecule has 1 aliphatic carbocycles. The molecule has 20 heavy (non-hydrogen) atoms. The van der Waals surface area contributed by atoms with E-state index in [0.29, 0.717) is 17.7 Å². The van der Waals surface area contributed by atoms with Gasteiger partial charge in [0.05, 0.1) is 17.6 Å². The van der Waals surface area contributed by atoms with Gasteiger partial charge in [0.2, 0.25) is 5.95 Å². The summed E-state index contributed by atoms with van der Waals surface area (Å²) in [6.45, 7) is 1.88. The zero-order valence-corrected chi connectivity index (χ0v) is 10.8. The number of nitrogens with one attached hydrogen (secondary N) is 1. The minimum atomic E-state index is -4.42. The van der Waals surface area contributed by atoms with E-state index in [-0.39, 0.29) is 0 Å². The highest BCUT2D eigenvalue weighted by atomic mass is 19.4. The van der Waals surface area contributed by atoms with Crippen LogP contribution in [0.2, 0.25) is 0 Å². The van der Waals surface area contributed by atoms with Crippen molar-refractivity contribution >= 4 is 11.6 Å². The van der Waals surface area contributed by atoms with E-state index in [0.717, 1.165) is 24.6 Å². The number of rotatable bonds is 3. The standard InChI is InChI=1S/C13H13F3N4/c1-8-7-20(10-3-4-10)12(18-8)19-9-2-5-11(17-6-9)13(14,15)16/h2,5-7,10H,3-4H2,1H3,(H,18,19). The first kappa shape index (κ1) is 13.0. The fourth-order valence-electron chi connectivity index (χ4n) is 2.00. The van der Waals surface area contributed by atoms with Crippen molar-refractivity contribution in [2.45, 2.75) is 32.0 Å². The molecule has 3 rings (SSSR count). The van der Waals surface area contributed by atoms with Gasteiger partial charge in [0.25, 0.3) is 0 Å². The van der Waals surface area contributed by atoms with Crippen LogP contribution in [0.5, 0.6) is 0 Å². The van der Waals surface area contributed by atoms with Crippen molar-refractivity contribution in [2.24, 2.45) is 0 Å². The molecule has 1 aliphatic rings. The van der Waals surface area contributed by atoms with Gasteiger partial charge in [-0.1, -0.05) is 0 Å². The normalized spacial score (nSPS) is 15.4. The molecule has 0 bridgehead atoms. The summed E-state index contributed by atoms with van der Waals surface area (Å²) in [4.78, 5) is 7.76. The molecule has 1 saturated carbocycles. The highest BCUT2D eigenvalue weighted by molar-refractivity contribution is 5.53. The van der Waals surface area contributed by atoms with Crippen molar-refractivity contribution in [3.63, 3.8) is 0 Å². The summed E-state index contributed by atoms with van der Waals surface area (Å²) >= 11 is 0. The molecule has 1 fully saturated rings. The van der Waals surface area contributed by atoms with Gasteiger partial charge in [-0.15, -0.1) is 0 Å². The summed E-state index contributed by atoms with van der Waals surface area (Å²) in [5.74, 6) is 0.645. The Kier molecular flexibility index (Phi) is 2.92. The van der Waals surface area contributed by atoms with Gasteiger partial charge in [0, 0.05) is 12.2 Å². The molecule has 1 N–H and O–H groups in total. The largest absolute Gasteiger partial charge is 0.433 e. The van der Waals surface area contributed by atoms with E-state index in [9.17, 15) is 13.2 Å². The summed E-state index contributed by atoms with van der Waals surface area (Å²) in [7, 11) is 0. The number of hydrogen-bond acceptors (Lipinski definition) is 3. The topological polar surface area (TPSA) is 42.7 Å². The second kappa shape index (κ2) is 4.50. The minimum absolute atomic E-state index is 0.445. The van der Waals surface area contributed by atoms with Crippen LogP contribution in [-0.2, 0) is 6.18 Å². The number of imidazole rings is 1. The zero-order valence-electron chi connectivity index (χ0n) is 10.8. The maximum absolute atomic E-state index is 12.4. The van der Waals surface area contributed by atoms with Crippen molar-refractivity contribution in [1.82, 2.24) is 14.5 Å². The molecule has 0 radical (unpaired) electrons. The Morgan fingerprint density at radius 2 is 2.05 bits per heavy atom. The third kappa shape index (κ3) is 2.61. The molecule has 2 aromatic heterocycles. The fourth-order valence-corrected chi connectivity index (χ4v) is 2.00. The van der Waals surface area contributed by atoms with E-state index in [4.69, 9.17) is 0 Å². The van der Waals surface area contributed by atoms with Gasteiger partial charge in [-0.3, -0.25) is 0 Å². The third-order valence-corrected chi connectivity index (χ3v) is 3.10. The molecule has 2 aromatic rings. The summed E-state index contributed by atoms with van der Waals surface area (Å²) in [6, 6.07) is 2.76. The molecule has 0 aromatic carbocycles. The van der Waals surface area contributed by atoms with Gasteiger partial charge in [0.15, 0.2) is 0 Å². The van der Waals surface area contributed by atoms with Gasteiger partial charge in [-0.2, -0.15) is 13.2 Å². The van der Waals surface area contributed by atoms with Crippen molar-refractivity contribution in [1.29, 1.82) is 0 Å². The van der Waals surface area contributed by atoms with E-state index in [1.54, 1.807) is 0 Å². The first-order valence-electron chi connectivity index (χ1n) is 6.29. The molecule has 0 saturated heterocycles. The monoisotopic (exact) mass is 282 g/mol. The van der Waals surface area contributed by atoms with E-state index < -0.39 is 11.9 Å². The number of hydrogen-bond donors (Lipinski definition) is 1. The molecular formula is C13H13F3N4. The number of aromatic nitrogens is 3. The van der Waals surface area contributed by atoms with Crippen molar-refractivity contribution < 1.29 is 13.2 Å². The van der Waals surface area contributed by atoms with Crippen LogP contribution in [0.3, 0.4) is 0 Å². The smallest absolute Gasteiger partial charge is 0.324 e. The predicted octanol–water partition coefficient (Wildman–Crippen LogP) is 3.68. The summed E-state index contributed by atoms with van der Waals surface area (Å²) in [5, 5.41) is 3.02. The first-order chi connectivity index (χ1) is 9.43. The Balaban J connectivity index is 1.81. The number of pyridine rings is 1. The summed E-state index contributed by atoms with van der Waals surface area (Å²) in [5.41, 5.74) is 0.467. The van der Waals surface area contributed by atoms with Gasteiger partial charge >= 0.3 is 6.18 Å². The lowest BCUT2D eigenvalue weighted by Gasteiger charge is -2.10. The SMILES string of the molecule is Cc1cn(C2CC2)c(Nc2ccc(C(F)(F)F)nc2)n1. The Morgan fingerprint density at radius 3 is 2.60 bits per heavy atom. The van der Waals surface area contributed by atoms with Crippen LogP contribution in [-0.4, -0.2) is 14.5 Å². The maximum atomic E-state index is 12.4. The zero-order chi connectivity index (χ0) is 14.3. The Bertz CT molecular complexity index is 612. The van der Waals surface area contributed by atoms with E-state index in [1.165, 1.54) is 12.3 Å². The maximum Gasteiger partial charge on any atom is 0.433 e. The van der Waals surface area contributed by atoms with Crippen molar-refractivity contribution in [2.75, 3.05) is 5.32 Å². The minimum Gasteiger partial charge on any atom is -0.324 e. The number of halogens is 3. The fraction of sp³-hybridized carbons (Fsp3) is 0.385. The number of aryl methyl sites for hydroxylation is 1. The van der Waals surface area contributed by atoms with Gasteiger partial charge < -0.3 is 9.88 Å². The van der Waals surface area contributed by atoms with Crippen LogP contribution in [0.1, 0.15) is 30.3 Å². The molecule has 0 amide bonds. The third-order valence-electron chi connectivity index (χ3n) is 3.10. The lowest BCUT2D eigenvalue weighted by Crippen LogP contribution is -2.08. The summed E-state index contributed by atoms with van der Waals surface area (Å²) in [6.07, 6.45) is 0.911. The molecular weight excluding hydrogens is 269 g/mol. The quantitative estimate of drug-likeness (QED) is 0.933. The number of alkyl halides is 3. The highest BCUT2D eigenvalue weighted by Crippen LogP contribution is 2.38. The molecule has 0 unspecified atom stereocenters.